The van der Waals surface area contributed by atoms with E-state index in [4.69, 9.17) is 17.3 Å². The van der Waals surface area contributed by atoms with Gasteiger partial charge in [0.15, 0.2) is 5.13 Å². The van der Waals surface area contributed by atoms with E-state index in [1.54, 1.807) is 0 Å². The highest BCUT2D eigenvalue weighted by molar-refractivity contribution is 7.22. The molecule has 0 aliphatic rings. The molecule has 1 aromatic heterocycles. The van der Waals surface area contributed by atoms with Gasteiger partial charge in [-0.1, -0.05) is 53.3 Å². The van der Waals surface area contributed by atoms with Crippen molar-refractivity contribution in [2.75, 3.05) is 5.73 Å². The standard InChI is InChI=1S/C13H9ClN2S/c14-10-7-11-12(17-13(15)16-11)6-9(10)8-4-2-1-3-5-8/h1-7H,(H2,15,16). The van der Waals surface area contributed by atoms with Gasteiger partial charge >= 0.3 is 0 Å². The number of fused-ring (bicyclic) bond motifs is 1. The highest BCUT2D eigenvalue weighted by Crippen LogP contribution is 2.34. The lowest BCUT2D eigenvalue weighted by Gasteiger charge is -2.03. The van der Waals surface area contributed by atoms with Crippen LogP contribution in [0.5, 0.6) is 0 Å². The predicted molar refractivity (Wildman–Crippen MR) is 74.5 cm³/mol. The number of nitrogen functional groups attached to an aromatic ring is 1. The van der Waals surface area contributed by atoms with Gasteiger partial charge in [0.1, 0.15) is 0 Å². The fraction of sp³-hybridized carbons (Fsp3) is 0. The van der Waals surface area contributed by atoms with Gasteiger partial charge in [0.05, 0.1) is 15.2 Å². The van der Waals surface area contributed by atoms with Gasteiger partial charge in [0.25, 0.3) is 0 Å². The van der Waals surface area contributed by atoms with Crippen LogP contribution < -0.4 is 5.73 Å². The van der Waals surface area contributed by atoms with E-state index in [0.717, 1.165) is 21.3 Å². The maximum Gasteiger partial charge on any atom is 0.181 e. The Kier molecular flexibility index (Phi) is 2.50. The molecule has 0 saturated carbocycles. The molecular weight excluding hydrogens is 252 g/mol. The molecule has 3 rings (SSSR count). The average Bonchev–Trinajstić information content (AvgIpc) is 2.68. The van der Waals surface area contributed by atoms with Gasteiger partial charge in [0, 0.05) is 5.56 Å². The third-order valence-electron chi connectivity index (χ3n) is 2.58. The van der Waals surface area contributed by atoms with Crippen LogP contribution in [0.4, 0.5) is 5.13 Å². The van der Waals surface area contributed by atoms with Crippen molar-refractivity contribution in [2.45, 2.75) is 0 Å². The molecule has 3 aromatic rings. The van der Waals surface area contributed by atoms with Crippen molar-refractivity contribution in [2.24, 2.45) is 0 Å². The smallest absolute Gasteiger partial charge is 0.181 e. The molecule has 2 nitrogen and oxygen atoms in total. The molecule has 2 aromatic carbocycles. The first-order chi connectivity index (χ1) is 8.24. The minimum absolute atomic E-state index is 0.571. The molecule has 0 saturated heterocycles. The summed E-state index contributed by atoms with van der Waals surface area (Å²) < 4.78 is 1.06. The Hall–Kier alpha value is -1.58. The lowest BCUT2D eigenvalue weighted by molar-refractivity contribution is 1.49. The summed E-state index contributed by atoms with van der Waals surface area (Å²) >= 11 is 7.75. The summed E-state index contributed by atoms with van der Waals surface area (Å²) in [5.41, 5.74) is 8.67. The van der Waals surface area contributed by atoms with Gasteiger partial charge in [-0.15, -0.1) is 0 Å². The van der Waals surface area contributed by atoms with Crippen LogP contribution in [0.1, 0.15) is 0 Å². The predicted octanol–water partition coefficient (Wildman–Crippen LogP) is 4.20. The van der Waals surface area contributed by atoms with Crippen molar-refractivity contribution in [3.05, 3.63) is 47.5 Å². The first-order valence-corrected chi connectivity index (χ1v) is 6.34. The van der Waals surface area contributed by atoms with E-state index in [-0.39, 0.29) is 0 Å². The Bertz CT molecular complexity index is 676. The van der Waals surface area contributed by atoms with Crippen molar-refractivity contribution in [3.63, 3.8) is 0 Å². The van der Waals surface area contributed by atoms with Gasteiger partial charge in [-0.3, -0.25) is 0 Å². The second-order valence-electron chi connectivity index (χ2n) is 3.72. The van der Waals surface area contributed by atoms with Gasteiger partial charge in [0.2, 0.25) is 0 Å². The van der Waals surface area contributed by atoms with Gasteiger partial charge < -0.3 is 5.73 Å². The number of thiazole rings is 1. The summed E-state index contributed by atoms with van der Waals surface area (Å²) in [7, 11) is 0. The molecule has 4 heteroatoms. The zero-order valence-electron chi connectivity index (χ0n) is 8.85. The molecule has 17 heavy (non-hydrogen) atoms. The molecular formula is C13H9ClN2S. The van der Waals surface area contributed by atoms with E-state index in [9.17, 15) is 0 Å². The van der Waals surface area contributed by atoms with Gasteiger partial charge in [-0.05, 0) is 17.7 Å². The molecule has 0 amide bonds. The Labute approximate surface area is 108 Å². The Balaban J connectivity index is 2.26. The van der Waals surface area contributed by atoms with Gasteiger partial charge in [-0.25, -0.2) is 4.98 Å². The monoisotopic (exact) mass is 260 g/mol. The second-order valence-corrected chi connectivity index (χ2v) is 5.19. The van der Waals surface area contributed by atoms with Crippen molar-refractivity contribution in [3.8, 4) is 11.1 Å². The maximum atomic E-state index is 6.27. The lowest BCUT2D eigenvalue weighted by atomic mass is 10.1. The van der Waals surface area contributed by atoms with Crippen LogP contribution in [0.2, 0.25) is 5.02 Å². The van der Waals surface area contributed by atoms with Crippen molar-refractivity contribution < 1.29 is 0 Å². The number of hydrogen-bond donors (Lipinski definition) is 1. The fourth-order valence-corrected chi connectivity index (χ4v) is 2.83. The minimum atomic E-state index is 0.571. The first-order valence-electron chi connectivity index (χ1n) is 5.15. The molecule has 2 N–H and O–H groups in total. The molecule has 0 spiro atoms. The Morgan fingerprint density at radius 1 is 1.12 bits per heavy atom. The normalized spacial score (nSPS) is 10.9. The van der Waals surface area contributed by atoms with E-state index < -0.39 is 0 Å². The summed E-state index contributed by atoms with van der Waals surface area (Å²) in [5.74, 6) is 0. The highest BCUT2D eigenvalue weighted by atomic mass is 35.5. The summed E-state index contributed by atoms with van der Waals surface area (Å²) in [5, 5.41) is 1.27. The van der Waals surface area contributed by atoms with Crippen molar-refractivity contribution in [1.29, 1.82) is 0 Å². The van der Waals surface area contributed by atoms with E-state index >= 15 is 0 Å². The number of aromatic nitrogens is 1. The third kappa shape index (κ3) is 1.88. The first kappa shape index (κ1) is 10.6. The molecule has 0 fully saturated rings. The molecule has 0 radical (unpaired) electrons. The summed E-state index contributed by atoms with van der Waals surface area (Å²) in [6.07, 6.45) is 0. The zero-order chi connectivity index (χ0) is 11.8. The van der Waals surface area contributed by atoms with Crippen molar-refractivity contribution >= 4 is 38.3 Å². The Morgan fingerprint density at radius 3 is 2.65 bits per heavy atom. The topological polar surface area (TPSA) is 38.9 Å². The van der Waals surface area contributed by atoms with Crippen LogP contribution >= 0.6 is 22.9 Å². The van der Waals surface area contributed by atoms with E-state index in [1.807, 2.05) is 42.5 Å². The molecule has 1 heterocycles. The molecule has 84 valence electrons. The molecule has 0 atom stereocenters. The van der Waals surface area contributed by atoms with E-state index in [0.29, 0.717) is 10.2 Å². The van der Waals surface area contributed by atoms with Crippen molar-refractivity contribution in [1.82, 2.24) is 4.98 Å². The largest absolute Gasteiger partial charge is 0.375 e. The minimum Gasteiger partial charge on any atom is -0.375 e. The quantitative estimate of drug-likeness (QED) is 0.712. The number of halogens is 1. The van der Waals surface area contributed by atoms with Crippen LogP contribution in [0.3, 0.4) is 0 Å². The summed E-state index contributed by atoms with van der Waals surface area (Å²) in [4.78, 5) is 4.22. The van der Waals surface area contributed by atoms with Crippen LogP contribution in [0, 0.1) is 0 Å². The summed E-state index contributed by atoms with van der Waals surface area (Å²) in [6, 6.07) is 14.0. The lowest BCUT2D eigenvalue weighted by Crippen LogP contribution is -1.81. The second kappa shape index (κ2) is 4.02. The van der Waals surface area contributed by atoms with E-state index in [2.05, 4.69) is 4.98 Å². The van der Waals surface area contributed by atoms with Crippen LogP contribution in [-0.2, 0) is 0 Å². The number of nitrogens with two attached hydrogens (primary N) is 1. The average molecular weight is 261 g/mol. The SMILES string of the molecule is Nc1nc2cc(Cl)c(-c3ccccc3)cc2s1. The molecule has 0 bridgehead atoms. The van der Waals surface area contributed by atoms with Gasteiger partial charge in [-0.2, -0.15) is 0 Å². The highest BCUT2D eigenvalue weighted by Gasteiger charge is 2.08. The maximum absolute atomic E-state index is 6.27. The molecule has 0 aliphatic heterocycles. The number of anilines is 1. The fourth-order valence-electron chi connectivity index (χ4n) is 1.81. The van der Waals surface area contributed by atoms with Crippen LogP contribution in [0.25, 0.3) is 21.3 Å². The number of benzene rings is 2. The number of hydrogen-bond acceptors (Lipinski definition) is 3. The van der Waals surface area contributed by atoms with E-state index in [1.165, 1.54) is 11.3 Å². The number of nitrogens with zero attached hydrogens (tertiary/aromatic N) is 1. The van der Waals surface area contributed by atoms with Crippen LogP contribution in [0.15, 0.2) is 42.5 Å². The van der Waals surface area contributed by atoms with Crippen LogP contribution in [-0.4, -0.2) is 4.98 Å². The molecule has 0 aliphatic carbocycles. The third-order valence-corrected chi connectivity index (χ3v) is 3.74. The zero-order valence-corrected chi connectivity index (χ0v) is 10.4. The number of rotatable bonds is 1. The summed E-state index contributed by atoms with van der Waals surface area (Å²) in [6.45, 7) is 0. The molecule has 0 unspecified atom stereocenters. The Morgan fingerprint density at radius 2 is 1.88 bits per heavy atom.